The van der Waals surface area contributed by atoms with Crippen LogP contribution in [-0.4, -0.2) is 11.1 Å². The predicted molar refractivity (Wildman–Crippen MR) is 34.7 cm³/mol. The van der Waals surface area contributed by atoms with Gasteiger partial charge in [-0.3, -0.25) is 0 Å². The first kappa shape index (κ1) is 7.34. The fourth-order valence-corrected chi connectivity index (χ4v) is 0.386. The molecule has 48 valence electrons. The second kappa shape index (κ2) is 3.36. The number of aliphatic hydroxyl groups is 1. The highest BCUT2D eigenvalue weighted by Crippen LogP contribution is 1.88. The summed E-state index contributed by atoms with van der Waals surface area (Å²) in [5.41, 5.74) is 0. The molecule has 0 saturated carbocycles. The predicted octanol–water partition coefficient (Wildman–Crippen LogP) is 1.40. The molecule has 0 aromatic carbocycles. The first-order valence-electron chi connectivity index (χ1n) is 2.81. The highest BCUT2D eigenvalue weighted by Gasteiger charge is 1.94. The first-order valence-corrected chi connectivity index (χ1v) is 2.81. The van der Waals surface area contributed by atoms with Crippen LogP contribution in [0.2, 0.25) is 0 Å². The van der Waals surface area contributed by atoms with Crippen LogP contribution in [0.1, 0.15) is 20.3 Å². The van der Waals surface area contributed by atoms with Crippen molar-refractivity contribution >= 4 is 0 Å². The fourth-order valence-electron chi connectivity index (χ4n) is 0.386. The van der Waals surface area contributed by atoms with Crippen LogP contribution in [0.4, 0.5) is 0 Å². The molecule has 0 fully saturated rings. The quantitative estimate of drug-likeness (QED) is 0.545. The maximum Gasteiger partial charge on any atom is 0.176 e. The standard InChI is InChI=1S/C6H13NO/c1-4-5(2)7-6(3)8/h5,7-8H,3-4H2,1-2H3. The van der Waals surface area contributed by atoms with Gasteiger partial charge in [0.1, 0.15) is 0 Å². The molecule has 0 aromatic heterocycles. The van der Waals surface area contributed by atoms with E-state index in [1.165, 1.54) is 0 Å². The van der Waals surface area contributed by atoms with Crippen molar-refractivity contribution in [1.29, 1.82) is 0 Å². The van der Waals surface area contributed by atoms with E-state index in [1.54, 1.807) is 0 Å². The Kier molecular flexibility index (Phi) is 3.08. The number of nitrogens with one attached hydrogen (secondary N) is 1. The van der Waals surface area contributed by atoms with Gasteiger partial charge in [0, 0.05) is 6.04 Å². The van der Waals surface area contributed by atoms with E-state index >= 15 is 0 Å². The Labute approximate surface area is 50.2 Å². The summed E-state index contributed by atoms with van der Waals surface area (Å²) < 4.78 is 0. The zero-order chi connectivity index (χ0) is 6.57. The van der Waals surface area contributed by atoms with Crippen LogP contribution >= 0.6 is 0 Å². The van der Waals surface area contributed by atoms with Gasteiger partial charge in [0.05, 0.1) is 0 Å². The molecule has 0 aliphatic rings. The van der Waals surface area contributed by atoms with Gasteiger partial charge in [0.25, 0.3) is 0 Å². The molecule has 0 amide bonds. The SMILES string of the molecule is C=C(O)NC(C)CC. The first-order chi connectivity index (χ1) is 3.66. The van der Waals surface area contributed by atoms with Crippen molar-refractivity contribution in [2.45, 2.75) is 26.3 Å². The van der Waals surface area contributed by atoms with Gasteiger partial charge in [-0.15, -0.1) is 0 Å². The molecule has 0 saturated heterocycles. The van der Waals surface area contributed by atoms with Gasteiger partial charge < -0.3 is 10.4 Å². The summed E-state index contributed by atoms with van der Waals surface area (Å²) in [6, 6.07) is 0.326. The van der Waals surface area contributed by atoms with Crippen molar-refractivity contribution < 1.29 is 5.11 Å². The van der Waals surface area contributed by atoms with Crippen molar-refractivity contribution in [2.75, 3.05) is 0 Å². The van der Waals surface area contributed by atoms with Gasteiger partial charge in [-0.05, 0) is 19.9 Å². The zero-order valence-corrected chi connectivity index (χ0v) is 5.44. The summed E-state index contributed by atoms with van der Waals surface area (Å²) in [5.74, 6) is 0.0550. The Morgan fingerprint density at radius 3 is 2.50 bits per heavy atom. The van der Waals surface area contributed by atoms with Crippen LogP contribution in [0, 0.1) is 0 Å². The van der Waals surface area contributed by atoms with Crippen molar-refractivity contribution in [1.82, 2.24) is 5.32 Å². The molecular weight excluding hydrogens is 102 g/mol. The van der Waals surface area contributed by atoms with Gasteiger partial charge in [0.15, 0.2) is 5.88 Å². The van der Waals surface area contributed by atoms with E-state index in [0.717, 1.165) is 6.42 Å². The maximum atomic E-state index is 8.55. The summed E-state index contributed by atoms with van der Waals surface area (Å²) in [6.07, 6.45) is 1.000. The molecule has 0 rings (SSSR count). The van der Waals surface area contributed by atoms with Crippen molar-refractivity contribution in [3.63, 3.8) is 0 Å². The molecule has 0 heterocycles. The molecule has 1 atom stereocenters. The third-order valence-corrected chi connectivity index (χ3v) is 1.03. The Hall–Kier alpha value is -0.660. The summed E-state index contributed by atoms with van der Waals surface area (Å²) in [4.78, 5) is 0. The van der Waals surface area contributed by atoms with E-state index in [9.17, 15) is 0 Å². The average Bonchev–Trinajstić information content (AvgIpc) is 1.65. The second-order valence-electron chi connectivity index (χ2n) is 1.90. The minimum atomic E-state index is 0.0550. The largest absolute Gasteiger partial charge is 0.495 e. The topological polar surface area (TPSA) is 32.3 Å². The molecule has 2 nitrogen and oxygen atoms in total. The van der Waals surface area contributed by atoms with Gasteiger partial charge in [-0.1, -0.05) is 6.92 Å². The van der Waals surface area contributed by atoms with Crippen LogP contribution in [0.3, 0.4) is 0 Å². The van der Waals surface area contributed by atoms with Crippen molar-refractivity contribution in [3.8, 4) is 0 Å². The minimum Gasteiger partial charge on any atom is -0.495 e. The third kappa shape index (κ3) is 3.53. The summed E-state index contributed by atoms with van der Waals surface area (Å²) in [7, 11) is 0. The average molecular weight is 115 g/mol. The van der Waals surface area contributed by atoms with E-state index in [-0.39, 0.29) is 5.88 Å². The number of hydrogen-bond donors (Lipinski definition) is 2. The number of hydrogen-bond acceptors (Lipinski definition) is 2. The van der Waals surface area contributed by atoms with Gasteiger partial charge in [0.2, 0.25) is 0 Å². The third-order valence-electron chi connectivity index (χ3n) is 1.03. The van der Waals surface area contributed by atoms with E-state index in [4.69, 9.17) is 5.11 Å². The van der Waals surface area contributed by atoms with Gasteiger partial charge in [-0.2, -0.15) is 0 Å². The summed E-state index contributed by atoms with van der Waals surface area (Å²) in [6.45, 7) is 7.32. The highest BCUT2D eigenvalue weighted by molar-refractivity contribution is 4.77. The minimum absolute atomic E-state index is 0.0550. The molecule has 0 aliphatic carbocycles. The lowest BCUT2D eigenvalue weighted by molar-refractivity contribution is 0.345. The number of aliphatic hydroxyl groups excluding tert-OH is 1. The Morgan fingerprint density at radius 2 is 2.38 bits per heavy atom. The molecule has 0 spiro atoms. The molecule has 0 aromatic rings. The lowest BCUT2D eigenvalue weighted by Crippen LogP contribution is -2.23. The summed E-state index contributed by atoms with van der Waals surface area (Å²) in [5, 5.41) is 11.3. The molecule has 0 bridgehead atoms. The molecule has 8 heavy (non-hydrogen) atoms. The molecule has 1 unspecified atom stereocenters. The summed E-state index contributed by atoms with van der Waals surface area (Å²) >= 11 is 0. The van der Waals surface area contributed by atoms with Crippen LogP contribution in [0.5, 0.6) is 0 Å². The van der Waals surface area contributed by atoms with E-state index < -0.39 is 0 Å². The monoisotopic (exact) mass is 115 g/mol. The van der Waals surface area contributed by atoms with Crippen LogP contribution in [0.25, 0.3) is 0 Å². The lowest BCUT2D eigenvalue weighted by atomic mass is 10.3. The molecular formula is C6H13NO. The zero-order valence-electron chi connectivity index (χ0n) is 5.44. The van der Waals surface area contributed by atoms with Crippen molar-refractivity contribution in [2.24, 2.45) is 0 Å². The molecule has 0 radical (unpaired) electrons. The molecule has 2 N–H and O–H groups in total. The Morgan fingerprint density at radius 1 is 1.88 bits per heavy atom. The fraction of sp³-hybridized carbons (Fsp3) is 0.667. The lowest BCUT2D eigenvalue weighted by Gasteiger charge is -2.09. The van der Waals surface area contributed by atoms with E-state index in [0.29, 0.717) is 6.04 Å². The van der Waals surface area contributed by atoms with Crippen LogP contribution in [0.15, 0.2) is 12.5 Å². The van der Waals surface area contributed by atoms with Crippen molar-refractivity contribution in [3.05, 3.63) is 12.5 Å². The Balaban J connectivity index is 3.24. The molecule has 2 heteroatoms. The van der Waals surface area contributed by atoms with Gasteiger partial charge >= 0.3 is 0 Å². The highest BCUT2D eigenvalue weighted by atomic mass is 16.3. The number of rotatable bonds is 3. The van der Waals surface area contributed by atoms with E-state index in [2.05, 4.69) is 11.9 Å². The molecule has 0 aliphatic heterocycles. The normalized spacial score (nSPS) is 12.8. The van der Waals surface area contributed by atoms with Gasteiger partial charge in [-0.25, -0.2) is 0 Å². The van der Waals surface area contributed by atoms with Crippen LogP contribution < -0.4 is 5.32 Å². The Bertz CT molecular complexity index is 80.6. The second-order valence-corrected chi connectivity index (χ2v) is 1.90. The smallest absolute Gasteiger partial charge is 0.176 e. The van der Waals surface area contributed by atoms with Crippen LogP contribution in [-0.2, 0) is 0 Å². The van der Waals surface area contributed by atoms with E-state index in [1.807, 2.05) is 13.8 Å². The maximum absolute atomic E-state index is 8.55.